The van der Waals surface area contributed by atoms with E-state index in [1.165, 1.54) is 31.7 Å². The molecule has 0 heterocycles. The van der Waals surface area contributed by atoms with Crippen molar-refractivity contribution in [1.29, 1.82) is 0 Å². The van der Waals surface area contributed by atoms with E-state index in [1.54, 1.807) is 6.07 Å². The average molecular weight is 279 g/mol. The Kier molecular flexibility index (Phi) is 5.13. The van der Waals surface area contributed by atoms with Crippen LogP contribution in [0.1, 0.15) is 50.1 Å². The zero-order chi connectivity index (χ0) is 14.6. The Morgan fingerprint density at radius 1 is 1.15 bits per heavy atom. The number of hydrogen-bond acceptors (Lipinski definition) is 3. The molecule has 1 atom stereocenters. The van der Waals surface area contributed by atoms with Gasteiger partial charge in [0.05, 0.1) is 6.04 Å². The van der Waals surface area contributed by atoms with E-state index in [0.717, 1.165) is 12.8 Å². The molecule has 0 amide bonds. The summed E-state index contributed by atoms with van der Waals surface area (Å²) in [5.74, 6) is 5.66. The number of hydrazine groups is 1. The molecule has 0 aliphatic heterocycles. The summed E-state index contributed by atoms with van der Waals surface area (Å²) in [6.45, 7) is 0. The number of halogens is 1. The third kappa shape index (κ3) is 2.87. The Balaban J connectivity index is 2.42. The molecule has 0 saturated heterocycles. The van der Waals surface area contributed by atoms with Crippen LogP contribution in [0.15, 0.2) is 24.3 Å². The first-order valence-corrected chi connectivity index (χ1v) is 7.50. The third-order valence-corrected chi connectivity index (χ3v) is 4.78. The summed E-state index contributed by atoms with van der Waals surface area (Å²) in [7, 11) is 4.16. The smallest absolute Gasteiger partial charge is 0.128 e. The van der Waals surface area contributed by atoms with Gasteiger partial charge in [-0.3, -0.25) is 11.3 Å². The summed E-state index contributed by atoms with van der Waals surface area (Å²) in [5.41, 5.74) is 3.45. The van der Waals surface area contributed by atoms with E-state index in [2.05, 4.69) is 24.4 Å². The van der Waals surface area contributed by atoms with Crippen molar-refractivity contribution < 1.29 is 4.39 Å². The van der Waals surface area contributed by atoms with E-state index in [4.69, 9.17) is 5.84 Å². The zero-order valence-electron chi connectivity index (χ0n) is 12.5. The lowest BCUT2D eigenvalue weighted by molar-refractivity contribution is 0.0784. The van der Waals surface area contributed by atoms with E-state index in [0.29, 0.717) is 5.56 Å². The van der Waals surface area contributed by atoms with E-state index < -0.39 is 0 Å². The van der Waals surface area contributed by atoms with E-state index in [-0.39, 0.29) is 17.4 Å². The molecule has 0 bridgehead atoms. The van der Waals surface area contributed by atoms with Crippen molar-refractivity contribution in [3.8, 4) is 0 Å². The van der Waals surface area contributed by atoms with Crippen LogP contribution in [0.4, 0.5) is 4.39 Å². The zero-order valence-corrected chi connectivity index (χ0v) is 12.5. The molecule has 3 nitrogen and oxygen atoms in total. The molecular weight excluding hydrogens is 253 g/mol. The monoisotopic (exact) mass is 279 g/mol. The summed E-state index contributed by atoms with van der Waals surface area (Å²) in [4.78, 5) is 2.23. The van der Waals surface area contributed by atoms with Gasteiger partial charge in [-0.15, -0.1) is 0 Å². The van der Waals surface area contributed by atoms with Crippen molar-refractivity contribution in [2.75, 3.05) is 14.1 Å². The molecule has 1 saturated carbocycles. The number of benzene rings is 1. The second-order valence-corrected chi connectivity index (χ2v) is 6.03. The van der Waals surface area contributed by atoms with Gasteiger partial charge in [0.2, 0.25) is 0 Å². The van der Waals surface area contributed by atoms with Gasteiger partial charge in [0.1, 0.15) is 5.82 Å². The van der Waals surface area contributed by atoms with Crippen molar-refractivity contribution in [2.24, 2.45) is 5.84 Å². The van der Waals surface area contributed by atoms with Gasteiger partial charge in [-0.2, -0.15) is 0 Å². The standard InChI is InChI=1S/C16H26FN3/c1-20(2)16(11-7-3-4-8-12-16)15(19-18)13-9-5-6-10-14(13)17/h5-6,9-10,15,19H,3-4,7-8,11-12,18H2,1-2H3. The summed E-state index contributed by atoms with van der Waals surface area (Å²) in [6.07, 6.45) is 6.94. The Hall–Kier alpha value is -0.970. The highest BCUT2D eigenvalue weighted by Gasteiger charge is 2.42. The average Bonchev–Trinajstić information content (AvgIpc) is 2.69. The van der Waals surface area contributed by atoms with Crippen molar-refractivity contribution in [3.63, 3.8) is 0 Å². The van der Waals surface area contributed by atoms with Gasteiger partial charge in [0.25, 0.3) is 0 Å². The van der Waals surface area contributed by atoms with Crippen LogP contribution in [-0.2, 0) is 0 Å². The van der Waals surface area contributed by atoms with E-state index in [1.807, 2.05) is 12.1 Å². The summed E-state index contributed by atoms with van der Waals surface area (Å²) < 4.78 is 14.2. The topological polar surface area (TPSA) is 41.3 Å². The minimum atomic E-state index is -0.184. The highest BCUT2D eigenvalue weighted by Crippen LogP contribution is 2.41. The number of rotatable bonds is 4. The van der Waals surface area contributed by atoms with Crippen molar-refractivity contribution in [3.05, 3.63) is 35.6 Å². The lowest BCUT2D eigenvalue weighted by Gasteiger charge is -2.45. The highest BCUT2D eigenvalue weighted by atomic mass is 19.1. The molecule has 112 valence electrons. The second-order valence-electron chi connectivity index (χ2n) is 6.03. The van der Waals surface area contributed by atoms with Crippen LogP contribution in [0, 0.1) is 5.82 Å². The van der Waals surface area contributed by atoms with Crippen LogP contribution in [-0.4, -0.2) is 24.5 Å². The first-order chi connectivity index (χ1) is 9.62. The van der Waals surface area contributed by atoms with Gasteiger partial charge < -0.3 is 4.90 Å². The van der Waals surface area contributed by atoms with E-state index in [9.17, 15) is 4.39 Å². The van der Waals surface area contributed by atoms with Crippen LogP contribution in [0.25, 0.3) is 0 Å². The maximum atomic E-state index is 14.2. The van der Waals surface area contributed by atoms with Crippen LogP contribution < -0.4 is 11.3 Å². The SMILES string of the molecule is CN(C)C1(C(NN)c2ccccc2F)CCCCCC1. The Bertz CT molecular complexity index is 425. The molecule has 1 aliphatic rings. The molecule has 0 radical (unpaired) electrons. The maximum absolute atomic E-state index is 14.2. The number of likely N-dealkylation sites (N-methyl/N-ethyl adjacent to an activating group) is 1. The normalized spacial score (nSPS) is 20.6. The molecule has 0 aromatic heterocycles. The van der Waals surface area contributed by atoms with Crippen molar-refractivity contribution in [1.82, 2.24) is 10.3 Å². The fourth-order valence-electron chi connectivity index (χ4n) is 3.58. The lowest BCUT2D eigenvalue weighted by Crippen LogP contribution is -2.55. The van der Waals surface area contributed by atoms with E-state index >= 15 is 0 Å². The van der Waals surface area contributed by atoms with Gasteiger partial charge in [-0.05, 0) is 33.0 Å². The largest absolute Gasteiger partial charge is 0.302 e. The number of nitrogens with zero attached hydrogens (tertiary/aromatic N) is 1. The third-order valence-electron chi connectivity index (χ3n) is 4.78. The number of hydrogen-bond donors (Lipinski definition) is 2. The molecular formula is C16H26FN3. The number of nitrogens with two attached hydrogens (primary N) is 1. The summed E-state index contributed by atoms with van der Waals surface area (Å²) >= 11 is 0. The van der Waals surface area contributed by atoms with Crippen LogP contribution in [0.3, 0.4) is 0 Å². The van der Waals surface area contributed by atoms with Crippen molar-refractivity contribution >= 4 is 0 Å². The Morgan fingerprint density at radius 2 is 1.75 bits per heavy atom. The fourth-order valence-corrected chi connectivity index (χ4v) is 3.58. The minimum Gasteiger partial charge on any atom is -0.302 e. The van der Waals surface area contributed by atoms with Crippen molar-refractivity contribution in [2.45, 2.75) is 50.1 Å². The second kappa shape index (κ2) is 6.66. The number of nitrogens with one attached hydrogen (secondary N) is 1. The molecule has 1 aliphatic carbocycles. The Morgan fingerprint density at radius 3 is 2.25 bits per heavy atom. The first-order valence-electron chi connectivity index (χ1n) is 7.50. The minimum absolute atomic E-state index is 0.118. The molecule has 0 spiro atoms. The van der Waals surface area contributed by atoms with Gasteiger partial charge >= 0.3 is 0 Å². The maximum Gasteiger partial charge on any atom is 0.128 e. The molecule has 1 aromatic rings. The molecule has 3 N–H and O–H groups in total. The first kappa shape index (κ1) is 15.4. The van der Waals surface area contributed by atoms with Crippen LogP contribution >= 0.6 is 0 Å². The van der Waals surface area contributed by atoms with Gasteiger partial charge in [0.15, 0.2) is 0 Å². The summed E-state index contributed by atoms with van der Waals surface area (Å²) in [6, 6.07) is 6.78. The van der Waals surface area contributed by atoms with Gasteiger partial charge in [-0.1, -0.05) is 43.9 Å². The molecule has 1 aromatic carbocycles. The fraction of sp³-hybridized carbons (Fsp3) is 0.625. The highest BCUT2D eigenvalue weighted by molar-refractivity contribution is 5.25. The molecule has 1 unspecified atom stereocenters. The summed E-state index contributed by atoms with van der Waals surface area (Å²) in [5, 5.41) is 0. The van der Waals surface area contributed by atoms with Gasteiger partial charge in [0, 0.05) is 11.1 Å². The van der Waals surface area contributed by atoms with Gasteiger partial charge in [-0.25, -0.2) is 4.39 Å². The quantitative estimate of drug-likeness (QED) is 0.506. The molecule has 1 fully saturated rings. The molecule has 4 heteroatoms. The predicted octanol–water partition coefficient (Wildman–Crippen LogP) is 2.98. The molecule has 2 rings (SSSR count). The molecule has 20 heavy (non-hydrogen) atoms. The predicted molar refractivity (Wildman–Crippen MR) is 80.6 cm³/mol. The van der Waals surface area contributed by atoms with Crippen LogP contribution in [0.2, 0.25) is 0 Å². The Labute approximate surface area is 121 Å². The lowest BCUT2D eigenvalue weighted by atomic mass is 9.78. The van der Waals surface area contributed by atoms with Crippen LogP contribution in [0.5, 0.6) is 0 Å².